The van der Waals surface area contributed by atoms with Crippen LogP contribution in [0.1, 0.15) is 25.5 Å². The first kappa shape index (κ1) is 16.4. The van der Waals surface area contributed by atoms with E-state index in [-0.39, 0.29) is 24.6 Å². The van der Waals surface area contributed by atoms with Crippen molar-refractivity contribution in [2.45, 2.75) is 25.9 Å². The fourth-order valence-electron chi connectivity index (χ4n) is 1.72. The normalized spacial score (nSPS) is 13.7. The predicted octanol–water partition coefficient (Wildman–Crippen LogP) is 1.38. The number of ether oxygens (including phenoxy) is 2. The second kappa shape index (κ2) is 7.81. The van der Waals surface area contributed by atoms with Gasteiger partial charge >= 0.3 is 0 Å². The van der Waals surface area contributed by atoms with Gasteiger partial charge in [-0.05, 0) is 19.9 Å². The second-order valence-corrected chi connectivity index (χ2v) is 4.68. The Balaban J connectivity index is 2.49. The Morgan fingerprint density at radius 1 is 1.45 bits per heavy atom. The van der Waals surface area contributed by atoms with Crippen LogP contribution < -0.4 is 15.8 Å². The van der Waals surface area contributed by atoms with Crippen LogP contribution in [0, 0.1) is 5.82 Å². The first-order valence-corrected chi connectivity index (χ1v) is 6.40. The van der Waals surface area contributed by atoms with Crippen molar-refractivity contribution in [1.29, 1.82) is 0 Å². The Morgan fingerprint density at radius 2 is 2.15 bits per heavy atom. The zero-order valence-corrected chi connectivity index (χ0v) is 12.0. The molecule has 0 saturated carbocycles. The molecular weight excluding hydrogens is 263 g/mol. The number of hydrogen-bond donors (Lipinski definition) is 2. The summed E-state index contributed by atoms with van der Waals surface area (Å²) in [5.41, 5.74) is 6.03. The van der Waals surface area contributed by atoms with Crippen LogP contribution in [0.3, 0.4) is 0 Å². The Labute approximate surface area is 118 Å². The van der Waals surface area contributed by atoms with Gasteiger partial charge in [-0.3, -0.25) is 4.79 Å². The lowest BCUT2D eigenvalue weighted by Crippen LogP contribution is -2.38. The minimum absolute atomic E-state index is 0.103. The Kier molecular flexibility index (Phi) is 6.41. The number of benzene rings is 1. The van der Waals surface area contributed by atoms with Crippen molar-refractivity contribution in [2.24, 2.45) is 5.73 Å². The highest BCUT2D eigenvalue weighted by Gasteiger charge is 2.10. The summed E-state index contributed by atoms with van der Waals surface area (Å²) in [6.07, 6.45) is 0. The molecule has 2 unspecified atom stereocenters. The molecule has 1 aromatic carbocycles. The maximum absolute atomic E-state index is 13.7. The topological polar surface area (TPSA) is 73.6 Å². The summed E-state index contributed by atoms with van der Waals surface area (Å²) in [5.74, 6) is -0.432. The summed E-state index contributed by atoms with van der Waals surface area (Å²) < 4.78 is 23.8. The molecule has 0 aliphatic rings. The number of nitrogens with one attached hydrogen (secondary N) is 1. The van der Waals surface area contributed by atoms with Gasteiger partial charge in [0.05, 0.1) is 6.61 Å². The fraction of sp³-hybridized carbons (Fsp3) is 0.500. The number of carbonyl (C=O) groups is 1. The molecule has 0 fully saturated rings. The maximum Gasteiger partial charge on any atom is 0.258 e. The monoisotopic (exact) mass is 284 g/mol. The molecule has 0 radical (unpaired) electrons. The molecule has 6 heteroatoms. The zero-order chi connectivity index (χ0) is 15.1. The Bertz CT molecular complexity index is 452. The lowest BCUT2D eigenvalue weighted by atomic mass is 10.1. The first-order chi connectivity index (χ1) is 9.43. The van der Waals surface area contributed by atoms with Gasteiger partial charge in [0.15, 0.2) is 6.61 Å². The molecular formula is C14H21FN2O3. The van der Waals surface area contributed by atoms with Gasteiger partial charge in [-0.2, -0.15) is 0 Å². The summed E-state index contributed by atoms with van der Waals surface area (Å²) in [5, 5.41) is 2.69. The third-order valence-corrected chi connectivity index (χ3v) is 2.66. The highest BCUT2D eigenvalue weighted by atomic mass is 19.1. The highest BCUT2D eigenvalue weighted by Crippen LogP contribution is 2.20. The standard InChI is InChI=1S/C14H21FN2O3/c1-9(7-19-3)17-14(18)8-20-11-4-5-12(10(2)16)13(15)6-11/h4-6,9-10H,7-8,16H2,1-3H3,(H,17,18). The average Bonchev–Trinajstić information content (AvgIpc) is 2.36. The molecule has 112 valence electrons. The average molecular weight is 284 g/mol. The van der Waals surface area contributed by atoms with Gasteiger partial charge in [-0.15, -0.1) is 0 Å². The van der Waals surface area contributed by atoms with Gasteiger partial charge < -0.3 is 20.5 Å². The Morgan fingerprint density at radius 3 is 2.70 bits per heavy atom. The number of amides is 1. The third kappa shape index (κ3) is 5.14. The minimum atomic E-state index is -0.439. The molecule has 0 aromatic heterocycles. The number of hydrogen-bond acceptors (Lipinski definition) is 4. The van der Waals surface area contributed by atoms with Gasteiger partial charge in [-0.25, -0.2) is 4.39 Å². The van der Waals surface area contributed by atoms with Gasteiger partial charge in [-0.1, -0.05) is 6.07 Å². The second-order valence-electron chi connectivity index (χ2n) is 4.68. The van der Waals surface area contributed by atoms with Crippen LogP contribution in [0.25, 0.3) is 0 Å². The highest BCUT2D eigenvalue weighted by molar-refractivity contribution is 5.77. The summed E-state index contributed by atoms with van der Waals surface area (Å²) in [6.45, 7) is 3.76. The quantitative estimate of drug-likeness (QED) is 0.793. The number of rotatable bonds is 7. The zero-order valence-electron chi connectivity index (χ0n) is 12.0. The molecule has 5 nitrogen and oxygen atoms in total. The van der Waals surface area contributed by atoms with Gasteiger partial charge in [0.25, 0.3) is 5.91 Å². The number of carbonyl (C=O) groups excluding carboxylic acids is 1. The van der Waals surface area contributed by atoms with Crippen LogP contribution in [0.4, 0.5) is 4.39 Å². The van der Waals surface area contributed by atoms with Crippen molar-refractivity contribution < 1.29 is 18.7 Å². The summed E-state index contributed by atoms with van der Waals surface area (Å²) in [6, 6.07) is 3.88. The van der Waals surface area contributed by atoms with Crippen molar-refractivity contribution in [3.63, 3.8) is 0 Å². The molecule has 20 heavy (non-hydrogen) atoms. The Hall–Kier alpha value is -1.66. The first-order valence-electron chi connectivity index (χ1n) is 6.40. The number of nitrogens with two attached hydrogens (primary N) is 1. The van der Waals surface area contributed by atoms with E-state index in [0.717, 1.165) is 0 Å². The van der Waals surface area contributed by atoms with Crippen molar-refractivity contribution in [3.05, 3.63) is 29.6 Å². The van der Waals surface area contributed by atoms with Crippen molar-refractivity contribution in [2.75, 3.05) is 20.3 Å². The molecule has 0 aliphatic heterocycles. The van der Waals surface area contributed by atoms with E-state index in [2.05, 4.69) is 5.32 Å². The summed E-state index contributed by atoms with van der Waals surface area (Å²) in [4.78, 5) is 11.6. The van der Waals surface area contributed by atoms with Crippen LogP contribution in [0.15, 0.2) is 18.2 Å². The smallest absolute Gasteiger partial charge is 0.258 e. The van der Waals surface area contributed by atoms with Crippen LogP contribution in [0.2, 0.25) is 0 Å². The fourth-order valence-corrected chi connectivity index (χ4v) is 1.72. The van der Waals surface area contributed by atoms with Crippen molar-refractivity contribution in [3.8, 4) is 5.75 Å². The van der Waals surface area contributed by atoms with Crippen LogP contribution >= 0.6 is 0 Å². The van der Waals surface area contributed by atoms with Gasteiger partial charge in [0.2, 0.25) is 0 Å². The number of methoxy groups -OCH3 is 1. The van der Waals surface area contributed by atoms with E-state index in [1.165, 1.54) is 6.07 Å². The van der Waals surface area contributed by atoms with E-state index < -0.39 is 5.82 Å². The third-order valence-electron chi connectivity index (χ3n) is 2.66. The van der Waals surface area contributed by atoms with E-state index in [1.54, 1.807) is 26.2 Å². The van der Waals surface area contributed by atoms with Gasteiger partial charge in [0.1, 0.15) is 11.6 Å². The van der Waals surface area contributed by atoms with E-state index in [1.807, 2.05) is 6.92 Å². The van der Waals surface area contributed by atoms with E-state index in [4.69, 9.17) is 15.2 Å². The lowest BCUT2D eigenvalue weighted by Gasteiger charge is -2.14. The predicted molar refractivity (Wildman–Crippen MR) is 74.0 cm³/mol. The minimum Gasteiger partial charge on any atom is -0.484 e. The molecule has 2 atom stereocenters. The lowest BCUT2D eigenvalue weighted by molar-refractivity contribution is -0.124. The summed E-state index contributed by atoms with van der Waals surface area (Å²) in [7, 11) is 1.56. The van der Waals surface area contributed by atoms with E-state index >= 15 is 0 Å². The maximum atomic E-state index is 13.7. The van der Waals surface area contributed by atoms with Crippen molar-refractivity contribution >= 4 is 5.91 Å². The van der Waals surface area contributed by atoms with Crippen LogP contribution in [-0.2, 0) is 9.53 Å². The molecule has 1 rings (SSSR count). The van der Waals surface area contributed by atoms with Crippen LogP contribution in [0.5, 0.6) is 5.75 Å². The molecule has 0 saturated heterocycles. The molecule has 1 amide bonds. The summed E-state index contributed by atoms with van der Waals surface area (Å²) >= 11 is 0. The molecule has 0 bridgehead atoms. The molecule has 3 N–H and O–H groups in total. The van der Waals surface area contributed by atoms with E-state index in [9.17, 15) is 9.18 Å². The SMILES string of the molecule is COCC(C)NC(=O)COc1ccc(C(C)N)c(F)c1. The molecule has 0 aliphatic carbocycles. The van der Waals surface area contributed by atoms with Gasteiger partial charge in [0, 0.05) is 30.8 Å². The number of halogens is 1. The van der Waals surface area contributed by atoms with Crippen LogP contribution in [-0.4, -0.2) is 32.3 Å². The van der Waals surface area contributed by atoms with Crippen molar-refractivity contribution in [1.82, 2.24) is 5.32 Å². The molecule has 0 spiro atoms. The largest absolute Gasteiger partial charge is 0.484 e. The van der Waals surface area contributed by atoms with E-state index in [0.29, 0.717) is 17.9 Å². The molecule has 1 aromatic rings. The molecule has 0 heterocycles.